The van der Waals surface area contributed by atoms with Gasteiger partial charge in [-0.2, -0.15) is 10.4 Å². The predicted octanol–water partition coefficient (Wildman–Crippen LogP) is 4.68. The van der Waals surface area contributed by atoms with E-state index in [0.717, 1.165) is 33.9 Å². The number of aromatic nitrogens is 4. The highest BCUT2D eigenvalue weighted by Gasteiger charge is 2.36. The van der Waals surface area contributed by atoms with Crippen LogP contribution in [0.5, 0.6) is 5.88 Å². The summed E-state index contributed by atoms with van der Waals surface area (Å²) in [7, 11) is 1.83. The molecule has 1 fully saturated rings. The summed E-state index contributed by atoms with van der Waals surface area (Å²) in [4.78, 5) is 4.55. The Morgan fingerprint density at radius 3 is 2.50 bits per heavy atom. The number of ether oxygens (including phenoxy) is 1. The van der Waals surface area contributed by atoms with Crippen LogP contribution in [-0.4, -0.2) is 19.3 Å². The third-order valence-corrected chi connectivity index (χ3v) is 6.64. The first-order chi connectivity index (χ1) is 16.5. The van der Waals surface area contributed by atoms with E-state index in [9.17, 15) is 5.26 Å². The van der Waals surface area contributed by atoms with Gasteiger partial charge in [0.25, 0.3) is 0 Å². The van der Waals surface area contributed by atoms with Crippen LogP contribution < -0.4 is 10.5 Å². The van der Waals surface area contributed by atoms with Gasteiger partial charge in [0.1, 0.15) is 23.2 Å². The average Bonchev–Trinajstić information content (AvgIpc) is 3.49. The minimum atomic E-state index is -0.376. The number of nitrogens with zero attached hydrogens (tertiary/aromatic N) is 5. The first-order valence-corrected chi connectivity index (χ1v) is 11.4. The molecule has 2 aromatic carbocycles. The summed E-state index contributed by atoms with van der Waals surface area (Å²) in [6.07, 6.45) is 6.24. The number of nitrogens with two attached hydrogens (primary N) is 1. The summed E-state index contributed by atoms with van der Waals surface area (Å²) >= 11 is 0. The maximum absolute atomic E-state index is 10.0. The molecule has 2 N–H and O–H groups in total. The fraction of sp³-hybridized carbons (Fsp3) is 0.222. The van der Waals surface area contributed by atoms with E-state index in [-0.39, 0.29) is 11.8 Å². The van der Waals surface area contributed by atoms with E-state index in [1.54, 1.807) is 4.68 Å². The molecule has 0 amide bonds. The third kappa shape index (κ3) is 3.19. The van der Waals surface area contributed by atoms with Crippen LogP contribution in [0.4, 0.5) is 0 Å². The van der Waals surface area contributed by atoms with Gasteiger partial charge in [0.05, 0.1) is 11.5 Å². The number of rotatable bonds is 4. The molecule has 168 valence electrons. The molecule has 1 atom stereocenters. The van der Waals surface area contributed by atoms with E-state index in [1.807, 2.05) is 31.6 Å². The van der Waals surface area contributed by atoms with Crippen molar-refractivity contribution in [2.75, 3.05) is 0 Å². The van der Waals surface area contributed by atoms with Gasteiger partial charge in [-0.3, -0.25) is 0 Å². The molecule has 1 aliphatic carbocycles. The van der Waals surface area contributed by atoms with Crippen molar-refractivity contribution in [3.8, 4) is 28.9 Å². The number of hydrogen-bond donors (Lipinski definition) is 1. The number of imidazole rings is 1. The van der Waals surface area contributed by atoms with Gasteiger partial charge in [0.2, 0.25) is 11.8 Å². The average molecular weight is 449 g/mol. The molecule has 3 heterocycles. The third-order valence-electron chi connectivity index (χ3n) is 6.64. The minimum Gasteiger partial charge on any atom is -0.422 e. The number of fused-ring (bicyclic) bond motifs is 1. The van der Waals surface area contributed by atoms with Crippen LogP contribution in [0.15, 0.2) is 72.4 Å². The first kappa shape index (κ1) is 20.3. The Morgan fingerprint density at radius 2 is 1.82 bits per heavy atom. The maximum Gasteiger partial charge on any atom is 0.224 e. The quantitative estimate of drug-likeness (QED) is 0.489. The molecular formula is C27H24N6O. The summed E-state index contributed by atoms with van der Waals surface area (Å²) < 4.78 is 9.74. The first-order valence-electron chi connectivity index (χ1n) is 11.4. The van der Waals surface area contributed by atoms with Crippen molar-refractivity contribution in [2.24, 2.45) is 12.8 Å². The van der Waals surface area contributed by atoms with Crippen LogP contribution in [0.2, 0.25) is 0 Å². The topological polar surface area (TPSA) is 94.7 Å². The van der Waals surface area contributed by atoms with Crippen molar-refractivity contribution < 1.29 is 4.74 Å². The molecule has 34 heavy (non-hydrogen) atoms. The number of benzene rings is 2. The molecule has 0 spiro atoms. The monoisotopic (exact) mass is 448 g/mol. The molecule has 7 nitrogen and oxygen atoms in total. The van der Waals surface area contributed by atoms with Crippen molar-refractivity contribution in [1.29, 1.82) is 5.26 Å². The predicted molar refractivity (Wildman–Crippen MR) is 128 cm³/mol. The van der Waals surface area contributed by atoms with Crippen molar-refractivity contribution in [3.63, 3.8) is 0 Å². The molecule has 1 saturated carbocycles. The van der Waals surface area contributed by atoms with Gasteiger partial charge in [-0.25, -0.2) is 9.67 Å². The van der Waals surface area contributed by atoms with Crippen molar-refractivity contribution >= 4 is 0 Å². The van der Waals surface area contributed by atoms with Crippen LogP contribution in [0.1, 0.15) is 47.2 Å². The Kier molecular flexibility index (Phi) is 4.56. The summed E-state index contributed by atoms with van der Waals surface area (Å²) in [6, 6.07) is 18.8. The fourth-order valence-electron chi connectivity index (χ4n) is 4.73. The lowest BCUT2D eigenvalue weighted by Crippen LogP contribution is -2.21. The Hall–Kier alpha value is -4.31. The number of nitriles is 1. The Morgan fingerprint density at radius 1 is 1.09 bits per heavy atom. The zero-order chi connectivity index (χ0) is 23.4. The molecule has 1 aliphatic heterocycles. The van der Waals surface area contributed by atoms with Gasteiger partial charge in [-0.1, -0.05) is 42.0 Å². The number of aryl methyl sites for hydroxylation is 2. The van der Waals surface area contributed by atoms with Crippen molar-refractivity contribution in [3.05, 3.63) is 94.9 Å². The Balaban J connectivity index is 1.48. The minimum absolute atomic E-state index is 0.119. The van der Waals surface area contributed by atoms with E-state index in [2.05, 4.69) is 58.9 Å². The standard InChI is InChI=1S/C27H24N6O/c1-16-3-5-18(6-4-16)24-23-22(21(15-28)25(29)34-27(23)32(2)31-24)17-9-11-20(12-10-17)33-14-13-30-26(33)19-7-8-19/h3-6,9-14,19,22H,7-8,29H2,1-2H3. The van der Waals surface area contributed by atoms with Crippen LogP contribution in [0.3, 0.4) is 0 Å². The molecule has 2 aromatic heterocycles. The van der Waals surface area contributed by atoms with Gasteiger partial charge < -0.3 is 15.0 Å². The normalized spacial score (nSPS) is 17.3. The number of hydrogen-bond acceptors (Lipinski definition) is 5. The van der Waals surface area contributed by atoms with E-state index < -0.39 is 0 Å². The van der Waals surface area contributed by atoms with Gasteiger partial charge >= 0.3 is 0 Å². The molecule has 2 aliphatic rings. The van der Waals surface area contributed by atoms with Crippen LogP contribution in [-0.2, 0) is 7.05 Å². The summed E-state index contributed by atoms with van der Waals surface area (Å²) in [5.74, 6) is 1.96. The van der Waals surface area contributed by atoms with Gasteiger partial charge in [0, 0.05) is 36.6 Å². The molecule has 1 unspecified atom stereocenters. The molecule has 6 rings (SSSR count). The van der Waals surface area contributed by atoms with E-state index in [1.165, 1.54) is 18.4 Å². The van der Waals surface area contributed by atoms with E-state index >= 15 is 0 Å². The molecule has 0 saturated heterocycles. The second kappa shape index (κ2) is 7.63. The van der Waals surface area contributed by atoms with Crippen molar-refractivity contribution in [1.82, 2.24) is 19.3 Å². The zero-order valence-corrected chi connectivity index (χ0v) is 19.1. The molecule has 0 radical (unpaired) electrons. The lowest BCUT2D eigenvalue weighted by molar-refractivity contribution is 0.358. The summed E-state index contributed by atoms with van der Waals surface area (Å²) in [5, 5.41) is 14.8. The molecule has 4 aromatic rings. The maximum atomic E-state index is 10.0. The fourth-order valence-corrected chi connectivity index (χ4v) is 4.73. The molecule has 0 bridgehead atoms. The SMILES string of the molecule is Cc1ccc(-c2nn(C)c3c2C(c2ccc(-n4ccnc4C4CC4)cc2)C(C#N)=C(N)O3)cc1. The largest absolute Gasteiger partial charge is 0.422 e. The smallest absolute Gasteiger partial charge is 0.224 e. The highest BCUT2D eigenvalue weighted by Crippen LogP contribution is 2.47. The lowest BCUT2D eigenvalue weighted by Gasteiger charge is -2.25. The Labute approximate surface area is 197 Å². The second-order valence-electron chi connectivity index (χ2n) is 9.00. The van der Waals surface area contributed by atoms with Crippen LogP contribution in [0.25, 0.3) is 16.9 Å². The highest BCUT2D eigenvalue weighted by atomic mass is 16.5. The van der Waals surface area contributed by atoms with Gasteiger partial charge in [-0.05, 0) is 37.5 Å². The van der Waals surface area contributed by atoms with Crippen LogP contribution >= 0.6 is 0 Å². The van der Waals surface area contributed by atoms with E-state index in [4.69, 9.17) is 15.6 Å². The van der Waals surface area contributed by atoms with Gasteiger partial charge in [-0.15, -0.1) is 0 Å². The molecular weight excluding hydrogens is 424 g/mol. The molecule has 7 heteroatoms. The van der Waals surface area contributed by atoms with Gasteiger partial charge in [0.15, 0.2) is 0 Å². The second-order valence-corrected chi connectivity index (χ2v) is 9.00. The van der Waals surface area contributed by atoms with Crippen molar-refractivity contribution in [2.45, 2.75) is 31.6 Å². The Bertz CT molecular complexity index is 1460. The van der Waals surface area contributed by atoms with Crippen LogP contribution in [0, 0.1) is 18.3 Å². The highest BCUT2D eigenvalue weighted by molar-refractivity contribution is 5.71. The summed E-state index contributed by atoms with van der Waals surface area (Å²) in [5.41, 5.74) is 12.4. The number of allylic oxidation sites excluding steroid dienone is 1. The lowest BCUT2D eigenvalue weighted by atomic mass is 9.83. The summed E-state index contributed by atoms with van der Waals surface area (Å²) in [6.45, 7) is 2.05. The zero-order valence-electron chi connectivity index (χ0n) is 19.1. The van der Waals surface area contributed by atoms with E-state index in [0.29, 0.717) is 17.4 Å².